The van der Waals surface area contributed by atoms with E-state index in [1.807, 2.05) is 67.7 Å². The number of sulfonamides is 1. The van der Waals surface area contributed by atoms with E-state index < -0.39 is 10.0 Å². The Bertz CT molecular complexity index is 2260. The number of nitrogens with two attached hydrogens (primary N) is 1. The fraction of sp³-hybridized carbons (Fsp3) is 0.205. The normalized spacial score (nSPS) is 11.3. The smallest absolute Gasteiger partial charge is 0.213 e. The van der Waals surface area contributed by atoms with Crippen LogP contribution in [0, 0.1) is 6.92 Å². The molecule has 6 aromatic rings. The quantitative estimate of drug-likeness (QED) is 0.123. The molecule has 52 heavy (non-hydrogen) atoms. The van der Waals surface area contributed by atoms with Gasteiger partial charge in [-0.1, -0.05) is 12.1 Å². The maximum atomic E-state index is 11.6. The third-order valence-corrected chi connectivity index (χ3v) is 9.35. The number of rotatable bonds is 14. The predicted octanol–water partition coefficient (Wildman–Crippen LogP) is 6.77. The average Bonchev–Trinajstić information content (AvgIpc) is 3.14. The number of nitrogens with zero attached hydrogens (tertiary/aromatic N) is 4. The first-order chi connectivity index (χ1) is 25.1. The summed E-state index contributed by atoms with van der Waals surface area (Å²) in [6.07, 6.45) is 5.39. The van der Waals surface area contributed by atoms with Gasteiger partial charge >= 0.3 is 0 Å². The molecular formula is C39H40N6O6S. The highest BCUT2D eigenvalue weighted by Crippen LogP contribution is 2.37. The van der Waals surface area contributed by atoms with Crippen LogP contribution < -0.4 is 34.3 Å². The molecule has 13 heteroatoms. The van der Waals surface area contributed by atoms with E-state index >= 15 is 0 Å². The lowest BCUT2D eigenvalue weighted by Crippen LogP contribution is -2.24. The predicted molar refractivity (Wildman–Crippen MR) is 203 cm³/mol. The minimum Gasteiger partial charge on any atom is -0.497 e. The first kappa shape index (κ1) is 35.9. The number of anilines is 3. The van der Waals surface area contributed by atoms with Gasteiger partial charge in [0.05, 0.1) is 39.9 Å². The van der Waals surface area contributed by atoms with Crippen molar-refractivity contribution in [1.82, 2.24) is 15.0 Å². The third kappa shape index (κ3) is 8.33. The molecule has 0 radical (unpaired) electrons. The van der Waals surface area contributed by atoms with E-state index in [1.165, 1.54) is 0 Å². The molecule has 3 heterocycles. The molecule has 0 saturated heterocycles. The molecule has 0 bridgehead atoms. The summed E-state index contributed by atoms with van der Waals surface area (Å²) >= 11 is 0. The number of aromatic nitrogens is 3. The number of fused-ring (bicyclic) bond motifs is 1. The summed E-state index contributed by atoms with van der Waals surface area (Å²) < 4.78 is 45.7. The van der Waals surface area contributed by atoms with Gasteiger partial charge in [0.25, 0.3) is 0 Å². The highest BCUT2D eigenvalue weighted by Gasteiger charge is 2.21. The molecule has 3 N–H and O–H groups in total. The maximum Gasteiger partial charge on any atom is 0.213 e. The van der Waals surface area contributed by atoms with Gasteiger partial charge in [0.15, 0.2) is 0 Å². The van der Waals surface area contributed by atoms with Gasteiger partial charge in [0, 0.05) is 71.6 Å². The summed E-state index contributed by atoms with van der Waals surface area (Å²) in [6, 6.07) is 24.5. The Kier molecular flexibility index (Phi) is 10.7. The number of primary sulfonamides is 1. The van der Waals surface area contributed by atoms with Gasteiger partial charge in [-0.05, 0) is 78.0 Å². The first-order valence-electron chi connectivity index (χ1n) is 16.3. The van der Waals surface area contributed by atoms with E-state index in [-0.39, 0.29) is 5.75 Å². The van der Waals surface area contributed by atoms with Crippen LogP contribution in [0.1, 0.15) is 22.3 Å². The van der Waals surface area contributed by atoms with Crippen molar-refractivity contribution in [3.8, 4) is 34.3 Å². The van der Waals surface area contributed by atoms with Crippen LogP contribution in [-0.2, 0) is 28.9 Å². The molecule has 3 aromatic heterocycles. The Morgan fingerprint density at radius 1 is 0.769 bits per heavy atom. The first-order valence-corrected chi connectivity index (χ1v) is 18.0. The zero-order chi connectivity index (χ0) is 36.8. The van der Waals surface area contributed by atoms with Crippen molar-refractivity contribution in [2.75, 3.05) is 38.7 Å². The summed E-state index contributed by atoms with van der Waals surface area (Å²) in [7, 11) is 2.88. The van der Waals surface area contributed by atoms with Crippen LogP contribution in [0.2, 0.25) is 0 Å². The van der Waals surface area contributed by atoms with Crippen molar-refractivity contribution >= 4 is 38.1 Å². The Labute approximate surface area is 303 Å². The average molecular weight is 721 g/mol. The lowest BCUT2D eigenvalue weighted by Gasteiger charge is -2.28. The number of benzene rings is 3. The molecule has 12 nitrogen and oxygen atoms in total. The minimum atomic E-state index is -3.64. The molecule has 0 aliphatic rings. The van der Waals surface area contributed by atoms with Crippen LogP contribution in [-0.4, -0.2) is 51.8 Å². The van der Waals surface area contributed by atoms with Crippen molar-refractivity contribution < 1.29 is 27.4 Å². The molecule has 0 aliphatic carbocycles. The highest BCUT2D eigenvalue weighted by atomic mass is 32.2. The van der Waals surface area contributed by atoms with Crippen molar-refractivity contribution in [3.05, 3.63) is 120 Å². The van der Waals surface area contributed by atoms with Crippen molar-refractivity contribution in [2.45, 2.75) is 25.8 Å². The van der Waals surface area contributed by atoms with Gasteiger partial charge in [0.2, 0.25) is 10.0 Å². The Morgan fingerprint density at radius 3 is 1.96 bits per heavy atom. The summed E-state index contributed by atoms with van der Waals surface area (Å²) in [6.45, 7) is 2.87. The molecule has 0 spiro atoms. The largest absolute Gasteiger partial charge is 0.497 e. The van der Waals surface area contributed by atoms with Crippen LogP contribution >= 0.6 is 0 Å². The molecule has 0 unspecified atom stereocenters. The number of nitrogens with one attached hydrogen (secondary N) is 1. The zero-order valence-corrected chi connectivity index (χ0v) is 30.4. The lowest BCUT2D eigenvalue weighted by atomic mass is 10.0. The monoisotopic (exact) mass is 720 g/mol. The van der Waals surface area contributed by atoms with Crippen molar-refractivity contribution in [2.24, 2.45) is 5.14 Å². The molecule has 3 aromatic carbocycles. The van der Waals surface area contributed by atoms with Gasteiger partial charge in [0.1, 0.15) is 34.6 Å². The number of aryl methyl sites for hydroxylation is 1. The topological polar surface area (TPSA) is 151 Å². The minimum absolute atomic E-state index is 0.241. The molecule has 0 atom stereocenters. The summed E-state index contributed by atoms with van der Waals surface area (Å²) in [5.74, 6) is 3.77. The molecular weight excluding hydrogens is 681 g/mol. The molecule has 0 amide bonds. The third-order valence-electron chi connectivity index (χ3n) is 8.62. The van der Waals surface area contributed by atoms with Crippen LogP contribution in [0.25, 0.3) is 22.0 Å². The number of pyridine rings is 3. The number of hydrogen-bond donors (Lipinski definition) is 2. The maximum absolute atomic E-state index is 11.6. The molecule has 0 aliphatic heterocycles. The van der Waals surface area contributed by atoms with E-state index in [0.717, 1.165) is 44.4 Å². The number of methoxy groups -OCH3 is 4. The van der Waals surface area contributed by atoms with Gasteiger partial charge in [-0.15, -0.1) is 0 Å². The van der Waals surface area contributed by atoms with E-state index in [1.54, 1.807) is 65.1 Å². The Balaban J connectivity index is 1.49. The van der Waals surface area contributed by atoms with Crippen molar-refractivity contribution in [3.63, 3.8) is 0 Å². The number of hydrogen-bond acceptors (Lipinski definition) is 11. The molecule has 0 fully saturated rings. The molecule has 268 valence electrons. The molecule has 6 rings (SSSR count). The second kappa shape index (κ2) is 15.5. The standard InChI is InChI=1S/C39H40N6O6S/c1-25-14-15-41-20-33(25)35-16-29-17-38(43-30-10-6-26(7-11-30)24-52(40,46)47)42-21-34(29)39(44-35)45(22-27-8-12-31(48-2)18-36(27)50-4)23-28-9-13-32(49-3)19-37(28)51-5/h6-21H,22-24H2,1-5H3,(H,42,43)(H2,40,46,47). The Hall–Kier alpha value is -5.92. The fourth-order valence-corrected chi connectivity index (χ4v) is 6.61. The van der Waals surface area contributed by atoms with E-state index in [9.17, 15) is 8.42 Å². The summed E-state index contributed by atoms with van der Waals surface area (Å²) in [5.41, 5.74) is 5.84. The summed E-state index contributed by atoms with van der Waals surface area (Å²) in [4.78, 5) is 16.7. The highest BCUT2D eigenvalue weighted by molar-refractivity contribution is 7.88. The van der Waals surface area contributed by atoms with E-state index in [2.05, 4.69) is 15.2 Å². The van der Waals surface area contributed by atoms with Gasteiger partial charge in [-0.25, -0.2) is 23.5 Å². The Morgan fingerprint density at radius 2 is 1.40 bits per heavy atom. The second-order valence-electron chi connectivity index (χ2n) is 12.2. The molecule has 0 saturated carbocycles. The van der Waals surface area contributed by atoms with E-state index in [0.29, 0.717) is 53.3 Å². The van der Waals surface area contributed by atoms with Crippen LogP contribution in [0.3, 0.4) is 0 Å². The van der Waals surface area contributed by atoms with E-state index in [4.69, 9.17) is 34.1 Å². The summed E-state index contributed by atoms with van der Waals surface area (Å²) in [5, 5.41) is 10.3. The van der Waals surface area contributed by atoms with Gasteiger partial charge in [-0.2, -0.15) is 0 Å². The fourth-order valence-electron chi connectivity index (χ4n) is 5.96. The van der Waals surface area contributed by atoms with Crippen LogP contribution in [0.5, 0.6) is 23.0 Å². The van der Waals surface area contributed by atoms with Crippen LogP contribution in [0.4, 0.5) is 17.3 Å². The number of ether oxygens (including phenoxy) is 4. The van der Waals surface area contributed by atoms with Crippen molar-refractivity contribution in [1.29, 1.82) is 0 Å². The van der Waals surface area contributed by atoms with Gasteiger partial charge in [-0.3, -0.25) is 4.98 Å². The zero-order valence-electron chi connectivity index (χ0n) is 29.6. The van der Waals surface area contributed by atoms with Crippen LogP contribution in [0.15, 0.2) is 97.5 Å². The second-order valence-corrected chi connectivity index (χ2v) is 13.8. The lowest BCUT2D eigenvalue weighted by molar-refractivity contribution is 0.389. The van der Waals surface area contributed by atoms with Gasteiger partial charge < -0.3 is 29.2 Å². The SMILES string of the molecule is COc1ccc(CN(Cc2ccc(OC)cc2OC)c2nc(-c3cnccc3C)cc3cc(Nc4ccc(CS(N)(=O)=O)cc4)ncc23)c(OC)c1.